The Kier molecular flexibility index (Phi) is 4.37. The van der Waals surface area contributed by atoms with Crippen molar-refractivity contribution >= 4 is 5.78 Å². The molecule has 0 fully saturated rings. The third kappa shape index (κ3) is 3.17. The lowest BCUT2D eigenvalue weighted by atomic mass is 10.0. The van der Waals surface area contributed by atoms with Gasteiger partial charge < -0.3 is 9.47 Å². The normalized spacial score (nSPS) is 10.9. The first-order valence-electron chi connectivity index (χ1n) is 8.36. The average molecular weight is 365 g/mol. The van der Waals surface area contributed by atoms with E-state index in [9.17, 15) is 4.39 Å². The molecule has 0 saturated heterocycles. The SMILES string of the molecule is CCOc1nnc2nc(-c3ccc(OC)cc3)c(-c3ccc(F)cc3)n2n1. The molecule has 4 rings (SSSR count). The second-order valence-corrected chi connectivity index (χ2v) is 5.67. The van der Waals surface area contributed by atoms with E-state index in [-0.39, 0.29) is 11.8 Å². The zero-order valence-corrected chi connectivity index (χ0v) is 14.8. The Hall–Kier alpha value is -3.55. The topological polar surface area (TPSA) is 74.4 Å². The van der Waals surface area contributed by atoms with E-state index in [1.165, 1.54) is 12.1 Å². The smallest absolute Gasteiger partial charge is 0.353 e. The van der Waals surface area contributed by atoms with Gasteiger partial charge in [0.15, 0.2) is 0 Å². The van der Waals surface area contributed by atoms with Gasteiger partial charge in [-0.2, -0.15) is 4.52 Å². The summed E-state index contributed by atoms with van der Waals surface area (Å²) in [5.74, 6) is 0.743. The van der Waals surface area contributed by atoms with Gasteiger partial charge in [0, 0.05) is 11.1 Å². The van der Waals surface area contributed by atoms with Crippen LogP contribution in [0, 0.1) is 5.82 Å². The third-order valence-corrected chi connectivity index (χ3v) is 4.00. The van der Waals surface area contributed by atoms with Gasteiger partial charge in [-0.3, -0.25) is 0 Å². The highest BCUT2D eigenvalue weighted by Crippen LogP contribution is 2.33. The molecule has 0 bridgehead atoms. The van der Waals surface area contributed by atoms with Crippen LogP contribution in [0.3, 0.4) is 0 Å². The minimum atomic E-state index is -0.318. The van der Waals surface area contributed by atoms with E-state index in [0.29, 0.717) is 23.8 Å². The Morgan fingerprint density at radius 1 is 0.963 bits per heavy atom. The largest absolute Gasteiger partial charge is 0.497 e. The highest BCUT2D eigenvalue weighted by molar-refractivity contribution is 5.81. The number of benzene rings is 2. The Morgan fingerprint density at radius 3 is 2.33 bits per heavy atom. The van der Waals surface area contributed by atoms with E-state index in [4.69, 9.17) is 9.47 Å². The summed E-state index contributed by atoms with van der Waals surface area (Å²) >= 11 is 0. The second kappa shape index (κ2) is 6.99. The molecule has 0 saturated carbocycles. The fourth-order valence-corrected chi connectivity index (χ4v) is 2.76. The predicted octanol–water partition coefficient (Wildman–Crippen LogP) is 3.40. The van der Waals surface area contributed by atoms with Crippen LogP contribution in [0.2, 0.25) is 0 Å². The van der Waals surface area contributed by atoms with Crippen molar-refractivity contribution in [3.05, 3.63) is 54.3 Å². The number of imidazole rings is 1. The molecular formula is C19H16FN5O2. The molecule has 0 N–H and O–H groups in total. The van der Waals surface area contributed by atoms with Crippen LogP contribution < -0.4 is 9.47 Å². The Morgan fingerprint density at radius 2 is 1.67 bits per heavy atom. The van der Waals surface area contributed by atoms with E-state index in [1.54, 1.807) is 23.8 Å². The maximum absolute atomic E-state index is 13.4. The van der Waals surface area contributed by atoms with Crippen molar-refractivity contribution in [1.82, 2.24) is 24.8 Å². The van der Waals surface area contributed by atoms with Gasteiger partial charge in [0.1, 0.15) is 23.0 Å². The molecule has 2 aromatic carbocycles. The molecule has 0 unspecified atom stereocenters. The summed E-state index contributed by atoms with van der Waals surface area (Å²) in [6, 6.07) is 13.8. The zero-order valence-electron chi connectivity index (χ0n) is 14.8. The number of hydrogen-bond acceptors (Lipinski definition) is 6. The van der Waals surface area contributed by atoms with Crippen LogP contribution in [-0.2, 0) is 0 Å². The quantitative estimate of drug-likeness (QED) is 0.540. The Balaban J connectivity index is 1.95. The third-order valence-electron chi connectivity index (χ3n) is 4.00. The van der Waals surface area contributed by atoms with Crippen molar-refractivity contribution in [2.24, 2.45) is 0 Å². The number of aromatic nitrogens is 5. The average Bonchev–Trinajstić information content (AvgIpc) is 3.08. The monoisotopic (exact) mass is 365 g/mol. The Bertz CT molecular complexity index is 1080. The van der Waals surface area contributed by atoms with Crippen molar-refractivity contribution in [3.8, 4) is 34.3 Å². The number of rotatable bonds is 5. The van der Waals surface area contributed by atoms with E-state index in [0.717, 1.165) is 16.9 Å². The first-order valence-corrected chi connectivity index (χ1v) is 8.36. The molecular weight excluding hydrogens is 349 g/mol. The van der Waals surface area contributed by atoms with Gasteiger partial charge in [-0.25, -0.2) is 9.37 Å². The summed E-state index contributed by atoms with van der Waals surface area (Å²) < 4.78 is 25.6. The molecule has 0 aliphatic carbocycles. The number of nitrogens with zero attached hydrogens (tertiary/aromatic N) is 5. The first-order chi connectivity index (χ1) is 13.2. The van der Waals surface area contributed by atoms with Crippen LogP contribution in [0.15, 0.2) is 48.5 Å². The minimum Gasteiger partial charge on any atom is -0.497 e. The van der Waals surface area contributed by atoms with E-state index >= 15 is 0 Å². The molecule has 0 amide bonds. The van der Waals surface area contributed by atoms with Crippen molar-refractivity contribution in [1.29, 1.82) is 0 Å². The van der Waals surface area contributed by atoms with Gasteiger partial charge in [-0.15, -0.1) is 10.2 Å². The first kappa shape index (κ1) is 16.9. The summed E-state index contributed by atoms with van der Waals surface area (Å²) in [6.45, 7) is 2.25. The molecule has 0 radical (unpaired) electrons. The minimum absolute atomic E-state index is 0.145. The highest BCUT2D eigenvalue weighted by Gasteiger charge is 2.19. The number of halogens is 1. The van der Waals surface area contributed by atoms with E-state index < -0.39 is 0 Å². The summed E-state index contributed by atoms with van der Waals surface area (Å²) in [5, 5.41) is 12.4. The number of ether oxygens (including phenoxy) is 2. The maximum Gasteiger partial charge on any atom is 0.353 e. The van der Waals surface area contributed by atoms with Gasteiger partial charge in [0.25, 0.3) is 5.78 Å². The molecule has 0 aliphatic heterocycles. The predicted molar refractivity (Wildman–Crippen MR) is 97.1 cm³/mol. The van der Waals surface area contributed by atoms with Crippen LogP contribution in [-0.4, -0.2) is 38.5 Å². The molecule has 0 aliphatic rings. The molecule has 2 aromatic heterocycles. The lowest BCUT2D eigenvalue weighted by Gasteiger charge is -2.06. The zero-order chi connectivity index (χ0) is 18.8. The molecule has 4 aromatic rings. The highest BCUT2D eigenvalue weighted by atomic mass is 19.1. The fraction of sp³-hybridized carbons (Fsp3) is 0.158. The lowest BCUT2D eigenvalue weighted by molar-refractivity contribution is 0.301. The molecule has 27 heavy (non-hydrogen) atoms. The standard InChI is InChI=1S/C19H16FN5O2/c1-3-27-19-23-22-18-21-16(12-6-10-15(26-2)11-7-12)17(25(18)24-19)13-4-8-14(20)9-5-13/h4-11H,3H2,1-2H3. The van der Waals surface area contributed by atoms with Gasteiger partial charge >= 0.3 is 6.01 Å². The number of fused-ring (bicyclic) bond motifs is 1. The van der Waals surface area contributed by atoms with Crippen LogP contribution >= 0.6 is 0 Å². The molecule has 8 heteroatoms. The van der Waals surface area contributed by atoms with Gasteiger partial charge in [0.2, 0.25) is 0 Å². The maximum atomic E-state index is 13.4. The van der Waals surface area contributed by atoms with Gasteiger partial charge in [0.05, 0.1) is 13.7 Å². The lowest BCUT2D eigenvalue weighted by Crippen LogP contribution is -2.05. The molecule has 2 heterocycles. The van der Waals surface area contributed by atoms with E-state index in [2.05, 4.69) is 20.3 Å². The fourth-order valence-electron chi connectivity index (χ4n) is 2.76. The molecule has 7 nitrogen and oxygen atoms in total. The van der Waals surface area contributed by atoms with Crippen molar-refractivity contribution < 1.29 is 13.9 Å². The number of methoxy groups -OCH3 is 1. The van der Waals surface area contributed by atoms with Crippen molar-refractivity contribution in [2.75, 3.05) is 13.7 Å². The van der Waals surface area contributed by atoms with Crippen LogP contribution in [0.25, 0.3) is 28.3 Å². The van der Waals surface area contributed by atoms with Gasteiger partial charge in [-0.05, 0) is 55.5 Å². The van der Waals surface area contributed by atoms with Crippen molar-refractivity contribution in [2.45, 2.75) is 6.92 Å². The summed E-state index contributed by atoms with van der Waals surface area (Å²) in [5.41, 5.74) is 2.92. The number of hydrogen-bond donors (Lipinski definition) is 0. The molecule has 0 atom stereocenters. The Labute approximate surface area is 154 Å². The summed E-state index contributed by atoms with van der Waals surface area (Å²) in [6.07, 6.45) is 0. The van der Waals surface area contributed by atoms with E-state index in [1.807, 2.05) is 31.2 Å². The summed E-state index contributed by atoms with van der Waals surface area (Å²) in [7, 11) is 1.61. The summed E-state index contributed by atoms with van der Waals surface area (Å²) in [4.78, 5) is 4.58. The van der Waals surface area contributed by atoms with Crippen LogP contribution in [0.1, 0.15) is 6.92 Å². The second-order valence-electron chi connectivity index (χ2n) is 5.67. The van der Waals surface area contributed by atoms with Crippen molar-refractivity contribution in [3.63, 3.8) is 0 Å². The molecule has 136 valence electrons. The molecule has 0 spiro atoms. The van der Waals surface area contributed by atoms with Gasteiger partial charge in [-0.1, -0.05) is 5.10 Å². The van der Waals surface area contributed by atoms with Crippen LogP contribution in [0.5, 0.6) is 11.8 Å². The van der Waals surface area contributed by atoms with Crippen LogP contribution in [0.4, 0.5) is 4.39 Å².